The van der Waals surface area contributed by atoms with Gasteiger partial charge in [-0.25, -0.2) is 0 Å². The number of hydrogen-bond donors (Lipinski definition) is 3. The molecule has 0 saturated heterocycles. The second-order valence-corrected chi connectivity index (χ2v) is 12.0. The molecule has 0 atom stereocenters. The summed E-state index contributed by atoms with van der Waals surface area (Å²) in [6, 6.07) is 18.6. The number of anilines is 2. The van der Waals surface area contributed by atoms with Gasteiger partial charge >= 0.3 is 0 Å². The average Bonchev–Trinajstić information content (AvgIpc) is 3.91. The molecule has 234 valence electrons. The highest BCUT2D eigenvalue weighted by atomic mass is 16.5. The average molecular weight is 610 g/mol. The molecule has 10 nitrogen and oxygen atoms in total. The molecule has 4 N–H and O–H groups in total. The topological polar surface area (TPSA) is 134 Å². The molecule has 1 saturated carbocycles. The second kappa shape index (κ2) is 13.5. The minimum absolute atomic E-state index is 0.0657. The Labute approximate surface area is 262 Å². The SMILES string of the molecule is NCCCCCC(=O)N1CCc2cc(C(=O)Nc3ccc(CN(C(=O)c4ccc5c(c4)OCC(=O)N5)C4CC4)cc3)ccc2C1. The lowest BCUT2D eigenvalue weighted by molar-refractivity contribution is -0.132. The van der Waals surface area contributed by atoms with Crippen molar-refractivity contribution in [3.8, 4) is 5.75 Å². The normalized spacial score (nSPS) is 15.3. The molecule has 2 aliphatic heterocycles. The number of nitrogens with zero attached hydrogens (tertiary/aromatic N) is 2. The number of hydrogen-bond acceptors (Lipinski definition) is 6. The van der Waals surface area contributed by atoms with E-state index in [1.165, 1.54) is 0 Å². The maximum atomic E-state index is 13.5. The van der Waals surface area contributed by atoms with E-state index in [4.69, 9.17) is 10.5 Å². The summed E-state index contributed by atoms with van der Waals surface area (Å²) in [6.45, 7) is 2.28. The Bertz CT molecular complexity index is 1600. The van der Waals surface area contributed by atoms with Crippen LogP contribution in [0.1, 0.15) is 75.9 Å². The van der Waals surface area contributed by atoms with Crippen LogP contribution in [-0.4, -0.2) is 59.2 Å². The van der Waals surface area contributed by atoms with Gasteiger partial charge in [0.2, 0.25) is 5.91 Å². The number of nitrogens with one attached hydrogen (secondary N) is 2. The van der Waals surface area contributed by atoms with E-state index in [0.29, 0.717) is 60.9 Å². The zero-order valence-corrected chi connectivity index (χ0v) is 25.3. The molecule has 2 heterocycles. The van der Waals surface area contributed by atoms with E-state index in [9.17, 15) is 19.2 Å². The highest BCUT2D eigenvalue weighted by molar-refractivity contribution is 6.04. The molecule has 0 unspecified atom stereocenters. The van der Waals surface area contributed by atoms with Crippen LogP contribution in [0, 0.1) is 0 Å². The minimum Gasteiger partial charge on any atom is -0.482 e. The Morgan fingerprint density at radius 1 is 0.956 bits per heavy atom. The van der Waals surface area contributed by atoms with E-state index in [1.807, 2.05) is 52.3 Å². The monoisotopic (exact) mass is 609 g/mol. The highest BCUT2D eigenvalue weighted by Crippen LogP contribution is 2.33. The summed E-state index contributed by atoms with van der Waals surface area (Å²) in [5.41, 5.74) is 11.0. The van der Waals surface area contributed by atoms with E-state index in [1.54, 1.807) is 18.2 Å². The van der Waals surface area contributed by atoms with Crippen LogP contribution in [0.2, 0.25) is 0 Å². The van der Waals surface area contributed by atoms with Crippen molar-refractivity contribution in [2.45, 2.75) is 64.1 Å². The summed E-state index contributed by atoms with van der Waals surface area (Å²) < 4.78 is 5.50. The van der Waals surface area contributed by atoms with E-state index in [2.05, 4.69) is 10.6 Å². The molecular weight excluding hydrogens is 570 g/mol. The van der Waals surface area contributed by atoms with Crippen LogP contribution in [-0.2, 0) is 29.1 Å². The quantitative estimate of drug-likeness (QED) is 0.275. The molecule has 45 heavy (non-hydrogen) atoms. The largest absolute Gasteiger partial charge is 0.482 e. The highest BCUT2D eigenvalue weighted by Gasteiger charge is 2.33. The standard InChI is InChI=1S/C35H39N5O5/c36-16-3-1-2-4-33(42)39-17-15-24-18-25(7-8-27(24)21-39)34(43)37-28-10-5-23(6-11-28)20-40(29-12-13-29)35(44)26-9-14-30-31(19-26)45-22-32(41)38-30/h5-11,14,18-19,29H,1-4,12-13,15-17,20-22,36H2,(H,37,43)(H,38,41). The van der Waals surface area contributed by atoms with Crippen LogP contribution in [0.4, 0.5) is 11.4 Å². The maximum absolute atomic E-state index is 13.5. The summed E-state index contributed by atoms with van der Waals surface area (Å²) in [6.07, 6.45) is 5.98. The number of unbranched alkanes of at least 4 members (excludes halogenated alkanes) is 2. The molecule has 0 spiro atoms. The molecule has 1 fully saturated rings. The zero-order chi connectivity index (χ0) is 31.3. The molecule has 0 bridgehead atoms. The second-order valence-electron chi connectivity index (χ2n) is 12.0. The van der Waals surface area contributed by atoms with Gasteiger partial charge in [-0.1, -0.05) is 24.6 Å². The van der Waals surface area contributed by atoms with Crippen LogP contribution >= 0.6 is 0 Å². The third-order valence-corrected chi connectivity index (χ3v) is 8.60. The predicted molar refractivity (Wildman–Crippen MR) is 171 cm³/mol. The third kappa shape index (κ3) is 7.34. The molecule has 6 rings (SSSR count). The van der Waals surface area contributed by atoms with E-state index < -0.39 is 0 Å². The first-order valence-electron chi connectivity index (χ1n) is 15.8. The summed E-state index contributed by atoms with van der Waals surface area (Å²) in [7, 11) is 0. The van der Waals surface area contributed by atoms with Gasteiger partial charge in [0, 0.05) is 48.9 Å². The first-order valence-corrected chi connectivity index (χ1v) is 15.8. The number of carbonyl (C=O) groups is 4. The number of rotatable bonds is 11. The molecular formula is C35H39N5O5. The molecule has 0 aromatic heterocycles. The van der Waals surface area contributed by atoms with Crippen LogP contribution in [0.5, 0.6) is 5.75 Å². The lowest BCUT2D eigenvalue weighted by atomic mass is 9.96. The van der Waals surface area contributed by atoms with Gasteiger partial charge in [-0.2, -0.15) is 0 Å². The molecule has 3 aliphatic rings. The van der Waals surface area contributed by atoms with Crippen molar-refractivity contribution >= 4 is 35.0 Å². The maximum Gasteiger partial charge on any atom is 0.262 e. The van der Waals surface area contributed by atoms with E-state index in [-0.39, 0.29) is 36.3 Å². The van der Waals surface area contributed by atoms with Gasteiger partial charge in [-0.3, -0.25) is 19.2 Å². The van der Waals surface area contributed by atoms with Gasteiger partial charge < -0.3 is 30.9 Å². The van der Waals surface area contributed by atoms with Crippen molar-refractivity contribution in [1.29, 1.82) is 0 Å². The number of carbonyl (C=O) groups excluding carboxylic acids is 4. The van der Waals surface area contributed by atoms with Gasteiger partial charge in [-0.05, 0) is 97.8 Å². The smallest absolute Gasteiger partial charge is 0.262 e. The van der Waals surface area contributed by atoms with Crippen molar-refractivity contribution in [3.05, 3.63) is 88.5 Å². The van der Waals surface area contributed by atoms with Crippen molar-refractivity contribution < 1.29 is 23.9 Å². The number of ether oxygens (including phenoxy) is 1. The molecule has 0 radical (unpaired) electrons. The molecule has 3 aromatic rings. The van der Waals surface area contributed by atoms with Gasteiger partial charge in [0.15, 0.2) is 6.61 Å². The van der Waals surface area contributed by atoms with Gasteiger partial charge in [0.05, 0.1) is 5.69 Å². The summed E-state index contributed by atoms with van der Waals surface area (Å²) in [5, 5.41) is 5.74. The number of amides is 4. The number of fused-ring (bicyclic) bond motifs is 2. The Hall–Kier alpha value is -4.70. The predicted octanol–water partition coefficient (Wildman–Crippen LogP) is 4.48. The van der Waals surface area contributed by atoms with Gasteiger partial charge in [-0.15, -0.1) is 0 Å². The minimum atomic E-state index is -0.213. The Balaban J connectivity index is 1.04. The van der Waals surface area contributed by atoms with Crippen LogP contribution in [0.15, 0.2) is 60.7 Å². The summed E-state index contributed by atoms with van der Waals surface area (Å²) in [5.74, 6) is 0.189. The molecule has 1 aliphatic carbocycles. The van der Waals surface area contributed by atoms with Crippen molar-refractivity contribution in [1.82, 2.24) is 9.80 Å². The van der Waals surface area contributed by atoms with Gasteiger partial charge in [0.25, 0.3) is 17.7 Å². The fourth-order valence-electron chi connectivity index (χ4n) is 5.88. The number of nitrogens with two attached hydrogens (primary N) is 1. The first kappa shape index (κ1) is 30.3. The molecule has 4 amide bonds. The van der Waals surface area contributed by atoms with Crippen LogP contribution in [0.3, 0.4) is 0 Å². The summed E-state index contributed by atoms with van der Waals surface area (Å²) in [4.78, 5) is 54.6. The van der Waals surface area contributed by atoms with Crippen LogP contribution in [0.25, 0.3) is 0 Å². The van der Waals surface area contributed by atoms with Crippen LogP contribution < -0.4 is 21.1 Å². The van der Waals surface area contributed by atoms with Crippen molar-refractivity contribution in [3.63, 3.8) is 0 Å². The zero-order valence-electron chi connectivity index (χ0n) is 25.3. The molecule has 3 aromatic carbocycles. The third-order valence-electron chi connectivity index (χ3n) is 8.60. The summed E-state index contributed by atoms with van der Waals surface area (Å²) >= 11 is 0. The molecule has 10 heteroatoms. The Morgan fingerprint density at radius 2 is 1.76 bits per heavy atom. The lowest BCUT2D eigenvalue weighted by Gasteiger charge is -2.29. The number of benzene rings is 3. The van der Waals surface area contributed by atoms with Gasteiger partial charge in [0.1, 0.15) is 5.75 Å². The van der Waals surface area contributed by atoms with Crippen molar-refractivity contribution in [2.24, 2.45) is 5.73 Å². The van der Waals surface area contributed by atoms with Crippen molar-refractivity contribution in [2.75, 3.05) is 30.3 Å². The first-order chi connectivity index (χ1) is 21.9. The lowest BCUT2D eigenvalue weighted by Crippen LogP contribution is -2.36. The fourth-order valence-corrected chi connectivity index (χ4v) is 5.88. The van der Waals surface area contributed by atoms with E-state index >= 15 is 0 Å². The Morgan fingerprint density at radius 3 is 2.53 bits per heavy atom. The van der Waals surface area contributed by atoms with E-state index in [0.717, 1.165) is 55.2 Å². The Kier molecular flexibility index (Phi) is 9.11. The fraction of sp³-hybridized carbons (Fsp3) is 0.371.